The number of anilines is 1. The van der Waals surface area contributed by atoms with Crippen LogP contribution < -0.4 is 15.0 Å². The molecule has 0 saturated heterocycles. The molecule has 0 radical (unpaired) electrons. The normalized spacial score (nSPS) is 14.0. The second kappa shape index (κ2) is 6.70. The molecule has 8 heteroatoms. The maximum atomic E-state index is 14.1. The number of nitrogens with zero attached hydrogens (tertiary/aromatic N) is 1. The second-order valence-electron chi connectivity index (χ2n) is 5.71. The van der Waals surface area contributed by atoms with Gasteiger partial charge >= 0.3 is 6.36 Å². The van der Waals surface area contributed by atoms with E-state index in [4.69, 9.17) is 5.41 Å². The molecule has 3 rings (SSSR count). The zero-order valence-electron chi connectivity index (χ0n) is 13.7. The average molecular weight is 365 g/mol. The number of hydrogen-bond acceptors (Lipinski definition) is 4. The highest BCUT2D eigenvalue weighted by Gasteiger charge is 2.31. The van der Waals surface area contributed by atoms with E-state index in [9.17, 15) is 17.6 Å². The molecule has 1 heterocycles. The third-order valence-electron chi connectivity index (χ3n) is 3.82. The summed E-state index contributed by atoms with van der Waals surface area (Å²) >= 11 is 0. The molecule has 2 aromatic carbocycles. The molecule has 136 valence electrons. The van der Waals surface area contributed by atoms with Gasteiger partial charge in [-0.1, -0.05) is 6.07 Å². The van der Waals surface area contributed by atoms with Crippen LogP contribution in [0.5, 0.6) is 5.75 Å². The van der Waals surface area contributed by atoms with Crippen molar-refractivity contribution in [2.45, 2.75) is 13.3 Å². The van der Waals surface area contributed by atoms with E-state index in [0.717, 1.165) is 0 Å². The van der Waals surface area contributed by atoms with Crippen LogP contribution >= 0.6 is 0 Å². The van der Waals surface area contributed by atoms with E-state index in [1.54, 1.807) is 24.1 Å². The number of nitrogens with one attached hydrogen (secondary N) is 2. The molecule has 0 amide bonds. The molecule has 26 heavy (non-hydrogen) atoms. The van der Waals surface area contributed by atoms with Crippen LogP contribution in [-0.2, 0) is 0 Å². The minimum Gasteiger partial charge on any atom is -0.406 e. The first-order valence-corrected chi connectivity index (χ1v) is 7.66. The van der Waals surface area contributed by atoms with Gasteiger partial charge in [-0.05, 0) is 48.9 Å². The van der Waals surface area contributed by atoms with Crippen molar-refractivity contribution < 1.29 is 22.3 Å². The number of benzene rings is 2. The standard InChI is InChI=1S/C18H15F4N3O/c1-11(23)12-2-7-16(19)15(8-12)17-9-25(10-24-17)13-3-5-14(6-4-13)26-18(20,21)22/h2-9,23-24H,10H2,1H3. The van der Waals surface area contributed by atoms with Crippen molar-refractivity contribution in [1.82, 2.24) is 5.32 Å². The van der Waals surface area contributed by atoms with Crippen LogP contribution in [-0.4, -0.2) is 18.7 Å². The summed E-state index contributed by atoms with van der Waals surface area (Å²) in [6, 6.07) is 9.82. The first-order chi connectivity index (χ1) is 12.2. The third kappa shape index (κ3) is 3.96. The molecule has 0 atom stereocenters. The van der Waals surface area contributed by atoms with Gasteiger partial charge in [-0.15, -0.1) is 13.2 Å². The van der Waals surface area contributed by atoms with Crippen LogP contribution in [0.15, 0.2) is 48.7 Å². The monoisotopic (exact) mass is 365 g/mol. The summed E-state index contributed by atoms with van der Waals surface area (Å²) < 4.78 is 54.6. The Morgan fingerprint density at radius 2 is 1.85 bits per heavy atom. The van der Waals surface area contributed by atoms with Gasteiger partial charge in [0.25, 0.3) is 0 Å². The van der Waals surface area contributed by atoms with E-state index >= 15 is 0 Å². The fraction of sp³-hybridized carbons (Fsp3) is 0.167. The minimum absolute atomic E-state index is 0.308. The van der Waals surface area contributed by atoms with Crippen molar-refractivity contribution in [2.24, 2.45) is 0 Å². The lowest BCUT2D eigenvalue weighted by atomic mass is 10.1. The minimum atomic E-state index is -4.74. The number of halogens is 4. The average Bonchev–Trinajstić information content (AvgIpc) is 3.04. The van der Waals surface area contributed by atoms with Gasteiger partial charge < -0.3 is 20.4 Å². The molecule has 1 aliphatic heterocycles. The largest absolute Gasteiger partial charge is 0.573 e. The van der Waals surface area contributed by atoms with Crippen molar-refractivity contribution in [3.05, 3.63) is 65.6 Å². The van der Waals surface area contributed by atoms with Gasteiger partial charge in [0, 0.05) is 23.2 Å². The zero-order valence-corrected chi connectivity index (χ0v) is 13.7. The van der Waals surface area contributed by atoms with E-state index in [2.05, 4.69) is 10.1 Å². The van der Waals surface area contributed by atoms with Gasteiger partial charge in [-0.2, -0.15) is 0 Å². The van der Waals surface area contributed by atoms with Crippen molar-refractivity contribution in [3.8, 4) is 5.75 Å². The van der Waals surface area contributed by atoms with Gasteiger partial charge in [0.05, 0.1) is 12.4 Å². The zero-order chi connectivity index (χ0) is 18.9. The van der Waals surface area contributed by atoms with Crippen LogP contribution in [0.3, 0.4) is 0 Å². The molecule has 0 fully saturated rings. The Balaban J connectivity index is 1.82. The van der Waals surface area contributed by atoms with E-state index in [1.807, 2.05) is 0 Å². The molecule has 4 nitrogen and oxygen atoms in total. The molecule has 1 aliphatic rings. The van der Waals surface area contributed by atoms with E-state index in [0.29, 0.717) is 34.9 Å². The Morgan fingerprint density at radius 3 is 2.46 bits per heavy atom. The van der Waals surface area contributed by atoms with Crippen LogP contribution in [0.25, 0.3) is 5.70 Å². The number of alkyl halides is 3. The van der Waals surface area contributed by atoms with Gasteiger partial charge in [0.15, 0.2) is 0 Å². The summed E-state index contributed by atoms with van der Waals surface area (Å²) in [6.07, 6.45) is -3.07. The Labute approximate surface area is 147 Å². The highest BCUT2D eigenvalue weighted by Crippen LogP contribution is 2.28. The van der Waals surface area contributed by atoms with Crippen LogP contribution in [0.2, 0.25) is 0 Å². The first kappa shape index (κ1) is 17.8. The predicted molar refractivity (Wildman–Crippen MR) is 90.5 cm³/mol. The smallest absolute Gasteiger partial charge is 0.406 e. The molecule has 0 bridgehead atoms. The van der Waals surface area contributed by atoms with E-state index in [-0.39, 0.29) is 5.75 Å². The lowest BCUT2D eigenvalue weighted by molar-refractivity contribution is -0.274. The van der Waals surface area contributed by atoms with Gasteiger partial charge in [0.1, 0.15) is 11.6 Å². The molecular formula is C18H15F4N3O. The quantitative estimate of drug-likeness (QED) is 0.621. The van der Waals surface area contributed by atoms with Crippen LogP contribution in [0.1, 0.15) is 18.1 Å². The lowest BCUT2D eigenvalue weighted by Gasteiger charge is -2.15. The Bertz CT molecular complexity index is 860. The van der Waals surface area contributed by atoms with Crippen LogP contribution in [0.4, 0.5) is 23.2 Å². The lowest BCUT2D eigenvalue weighted by Crippen LogP contribution is -2.21. The Kier molecular flexibility index (Phi) is 4.58. The molecule has 0 aliphatic carbocycles. The Morgan fingerprint density at radius 1 is 1.15 bits per heavy atom. The summed E-state index contributed by atoms with van der Waals surface area (Å²) in [6.45, 7) is 1.95. The first-order valence-electron chi connectivity index (χ1n) is 7.66. The highest BCUT2D eigenvalue weighted by atomic mass is 19.4. The molecular weight excluding hydrogens is 350 g/mol. The van der Waals surface area contributed by atoms with Crippen molar-refractivity contribution in [3.63, 3.8) is 0 Å². The summed E-state index contributed by atoms with van der Waals surface area (Å²) in [4.78, 5) is 1.73. The summed E-state index contributed by atoms with van der Waals surface area (Å²) in [5.74, 6) is -0.734. The maximum absolute atomic E-state index is 14.1. The molecule has 0 aromatic heterocycles. The Hall–Kier alpha value is -3.03. The van der Waals surface area contributed by atoms with E-state index < -0.39 is 12.2 Å². The maximum Gasteiger partial charge on any atom is 0.573 e. The molecule has 2 aromatic rings. The number of rotatable bonds is 4. The SMILES string of the molecule is CC(=N)c1ccc(F)c(C2=CN(c3ccc(OC(F)(F)F)cc3)CN2)c1. The molecule has 0 saturated carbocycles. The summed E-state index contributed by atoms with van der Waals surface area (Å²) in [5, 5.41) is 10.7. The topological polar surface area (TPSA) is 48.4 Å². The van der Waals surface area contributed by atoms with E-state index in [1.165, 1.54) is 36.4 Å². The fourth-order valence-electron chi connectivity index (χ4n) is 2.55. The van der Waals surface area contributed by atoms with Crippen molar-refractivity contribution in [1.29, 1.82) is 5.41 Å². The summed E-state index contributed by atoms with van der Waals surface area (Å²) in [7, 11) is 0. The number of ether oxygens (including phenoxy) is 1. The summed E-state index contributed by atoms with van der Waals surface area (Å²) in [5.41, 5.74) is 2.41. The van der Waals surface area contributed by atoms with Gasteiger partial charge in [-0.3, -0.25) is 0 Å². The van der Waals surface area contributed by atoms with Gasteiger partial charge in [0.2, 0.25) is 0 Å². The number of hydrogen-bond donors (Lipinski definition) is 2. The van der Waals surface area contributed by atoms with Crippen molar-refractivity contribution in [2.75, 3.05) is 11.6 Å². The predicted octanol–water partition coefficient (Wildman–Crippen LogP) is 4.48. The third-order valence-corrected chi connectivity index (χ3v) is 3.82. The highest BCUT2D eigenvalue weighted by molar-refractivity contribution is 5.97. The van der Waals surface area contributed by atoms with Gasteiger partial charge in [-0.25, -0.2) is 4.39 Å². The fourth-order valence-corrected chi connectivity index (χ4v) is 2.55. The van der Waals surface area contributed by atoms with Crippen LogP contribution in [0, 0.1) is 11.2 Å². The molecule has 2 N–H and O–H groups in total. The molecule has 0 unspecified atom stereocenters. The van der Waals surface area contributed by atoms with Crippen molar-refractivity contribution >= 4 is 17.1 Å². The second-order valence-corrected chi connectivity index (χ2v) is 5.71. The molecule has 0 spiro atoms.